The largest absolute Gasteiger partial charge is 0.508 e. The lowest BCUT2D eigenvalue weighted by molar-refractivity contribution is -0.358. The second kappa shape index (κ2) is 21.4. The van der Waals surface area contributed by atoms with Gasteiger partial charge in [-0.2, -0.15) is 0 Å². The Kier molecular flexibility index (Phi) is 15.8. The molecule has 69 heavy (non-hydrogen) atoms. The molecule has 3 saturated heterocycles. The number of carbonyl (C=O) groups excluding carboxylic acids is 1. The molecule has 15 atom stereocenters. The SMILES string of the molecule is COc1cc(/C=C/C(=O)OC[C@H]2O[C@@H](Oc3cc(O)c4c(=O)c(O[C@@H]5O[C@H](CO)[C@@H](O)[C@H](O)[C@H]5O[C@@H]5O[C@H](CO)[C@@H](O)[C@H](O)[C@H]5O)c(-c5ccc(O)cc5)oc4c3)[C@H](O)[C@@H](O)[C@@H]2O)cc(OC)c1O. The number of esters is 1. The summed E-state index contributed by atoms with van der Waals surface area (Å²) in [4.78, 5) is 27.1. The number of carbonyl (C=O) groups is 1. The Morgan fingerprint density at radius 1 is 0.667 bits per heavy atom. The molecule has 0 radical (unpaired) electrons. The van der Waals surface area contributed by atoms with Crippen molar-refractivity contribution in [2.24, 2.45) is 0 Å². The summed E-state index contributed by atoms with van der Waals surface area (Å²) in [7, 11) is 2.63. The minimum absolute atomic E-state index is 0.0343. The van der Waals surface area contributed by atoms with Crippen LogP contribution in [0, 0.1) is 0 Å². The predicted octanol–water partition coefficient (Wildman–Crippen LogP) is -2.96. The Balaban J connectivity index is 1.16. The smallest absolute Gasteiger partial charge is 0.330 e. The maximum Gasteiger partial charge on any atom is 0.330 e. The highest BCUT2D eigenvalue weighted by atomic mass is 16.8. The number of fused-ring (bicyclic) bond motifs is 1. The van der Waals surface area contributed by atoms with Crippen LogP contribution < -0.4 is 24.4 Å². The van der Waals surface area contributed by atoms with Crippen LogP contribution in [-0.4, -0.2) is 199 Å². The van der Waals surface area contributed by atoms with Gasteiger partial charge in [0.1, 0.15) is 102 Å². The standard InChI is InChI=1S/C44H50O25/c1-60-22-9-16(10-23(61-2)29(22)50)3-8-27(49)62-15-26-32(53)35(56)37(58)42(67-26)63-19-11-20(48)28-21(12-19)64-39(17-4-6-18(47)7-5-17)40(33(28)54)68-44-41(36(57)31(52)25(14-46)66-44)69-43-38(59)34(55)30(51)24(13-45)65-43/h3-12,24-26,30-32,34-38,41-48,50-53,55-59H,13-15H2,1-2H3/b8-3+/t24-,25-,26-,30-,31-,32-,34+,35+,36+,37-,38-,41-,42-,43+,44+/m1/s1. The van der Waals surface area contributed by atoms with Gasteiger partial charge in [-0.1, -0.05) is 0 Å². The molecular weight excluding hydrogens is 928 g/mol. The normalized spacial score (nSPS) is 31.6. The summed E-state index contributed by atoms with van der Waals surface area (Å²) >= 11 is 0. The Morgan fingerprint density at radius 2 is 1.23 bits per heavy atom. The Morgan fingerprint density at radius 3 is 1.84 bits per heavy atom. The molecule has 0 amide bonds. The number of benzene rings is 3. The van der Waals surface area contributed by atoms with Gasteiger partial charge in [0, 0.05) is 23.8 Å². The lowest BCUT2D eigenvalue weighted by Gasteiger charge is -2.45. The number of aliphatic hydroxyl groups is 10. The first-order valence-corrected chi connectivity index (χ1v) is 20.9. The maximum absolute atomic E-state index is 14.5. The van der Waals surface area contributed by atoms with E-state index in [1.165, 1.54) is 56.7 Å². The summed E-state index contributed by atoms with van der Waals surface area (Å²) in [5.41, 5.74) is -1.14. The number of rotatable bonds is 15. The lowest BCUT2D eigenvalue weighted by atomic mass is 9.97. The van der Waals surface area contributed by atoms with Crippen LogP contribution in [0.4, 0.5) is 0 Å². The highest BCUT2D eigenvalue weighted by Gasteiger charge is 2.52. The van der Waals surface area contributed by atoms with Gasteiger partial charge >= 0.3 is 5.97 Å². The second-order valence-corrected chi connectivity index (χ2v) is 15.9. The van der Waals surface area contributed by atoms with Gasteiger partial charge in [-0.15, -0.1) is 0 Å². The topological polar surface area (TPSA) is 393 Å². The number of phenolic OH excluding ortho intramolecular Hbond substituents is 3. The van der Waals surface area contributed by atoms with Crippen molar-refractivity contribution in [2.75, 3.05) is 34.0 Å². The molecule has 13 N–H and O–H groups in total. The monoisotopic (exact) mass is 978 g/mol. The van der Waals surface area contributed by atoms with Gasteiger partial charge in [-0.3, -0.25) is 4.79 Å². The van der Waals surface area contributed by atoms with Crippen LogP contribution in [0.2, 0.25) is 0 Å². The molecule has 3 aliphatic rings. The molecule has 376 valence electrons. The van der Waals surface area contributed by atoms with Gasteiger partial charge in [0.15, 0.2) is 29.7 Å². The first kappa shape index (κ1) is 51.0. The van der Waals surface area contributed by atoms with E-state index in [1.54, 1.807) is 0 Å². The number of aliphatic hydroxyl groups excluding tert-OH is 10. The number of phenols is 3. The van der Waals surface area contributed by atoms with E-state index in [1.807, 2.05) is 0 Å². The molecule has 25 nitrogen and oxygen atoms in total. The zero-order valence-corrected chi connectivity index (χ0v) is 36.3. The van der Waals surface area contributed by atoms with Gasteiger partial charge in [-0.05, 0) is 48.0 Å². The van der Waals surface area contributed by atoms with Crippen molar-refractivity contribution in [3.63, 3.8) is 0 Å². The van der Waals surface area contributed by atoms with Crippen molar-refractivity contribution in [1.82, 2.24) is 0 Å². The summed E-state index contributed by atoms with van der Waals surface area (Å²) in [5, 5.41) is 136. The van der Waals surface area contributed by atoms with Crippen molar-refractivity contribution < 1.29 is 118 Å². The van der Waals surface area contributed by atoms with Crippen LogP contribution in [0.1, 0.15) is 5.56 Å². The van der Waals surface area contributed by atoms with E-state index in [-0.39, 0.29) is 34.3 Å². The van der Waals surface area contributed by atoms with E-state index in [4.69, 9.17) is 47.0 Å². The molecule has 7 rings (SSSR count). The molecule has 4 aromatic rings. The van der Waals surface area contributed by atoms with Crippen molar-refractivity contribution in [3.8, 4) is 51.6 Å². The third-order valence-electron chi connectivity index (χ3n) is 11.5. The quantitative estimate of drug-likeness (QED) is 0.0418. The van der Waals surface area contributed by atoms with Crippen molar-refractivity contribution in [1.29, 1.82) is 0 Å². The number of methoxy groups -OCH3 is 2. The molecule has 0 aliphatic carbocycles. The molecule has 4 heterocycles. The summed E-state index contributed by atoms with van der Waals surface area (Å²) in [6.45, 7) is -2.46. The van der Waals surface area contributed by atoms with Crippen LogP contribution in [0.3, 0.4) is 0 Å². The summed E-state index contributed by atoms with van der Waals surface area (Å²) in [6.07, 6.45) is -25.4. The fourth-order valence-electron chi connectivity index (χ4n) is 7.65. The molecular formula is C44H50O25. The maximum atomic E-state index is 14.5. The Bertz CT molecular complexity index is 2490. The molecule has 0 bridgehead atoms. The average Bonchev–Trinajstić information content (AvgIpc) is 3.33. The molecule has 0 unspecified atom stereocenters. The van der Waals surface area contributed by atoms with E-state index in [2.05, 4.69) is 0 Å². The summed E-state index contributed by atoms with van der Waals surface area (Å²) < 4.78 is 55.8. The van der Waals surface area contributed by atoms with Crippen LogP contribution in [0.5, 0.6) is 40.2 Å². The highest BCUT2D eigenvalue weighted by molar-refractivity contribution is 5.89. The van der Waals surface area contributed by atoms with Crippen LogP contribution in [0.25, 0.3) is 28.4 Å². The zero-order chi connectivity index (χ0) is 50.0. The number of aromatic hydroxyl groups is 3. The molecule has 0 spiro atoms. The second-order valence-electron chi connectivity index (χ2n) is 15.9. The molecule has 3 aliphatic heterocycles. The predicted molar refractivity (Wildman–Crippen MR) is 227 cm³/mol. The Labute approximate surface area is 388 Å². The third kappa shape index (κ3) is 10.5. The lowest BCUT2D eigenvalue weighted by Crippen LogP contribution is -2.65. The molecule has 0 saturated carbocycles. The minimum Gasteiger partial charge on any atom is -0.508 e. The number of hydrogen-bond acceptors (Lipinski definition) is 25. The molecule has 3 fully saturated rings. The minimum atomic E-state index is -2.04. The van der Waals surface area contributed by atoms with Gasteiger partial charge in [-0.25, -0.2) is 4.79 Å². The van der Waals surface area contributed by atoms with Gasteiger partial charge in [0.2, 0.25) is 29.5 Å². The zero-order valence-electron chi connectivity index (χ0n) is 36.3. The van der Waals surface area contributed by atoms with E-state index >= 15 is 0 Å². The third-order valence-corrected chi connectivity index (χ3v) is 11.5. The first-order valence-electron chi connectivity index (χ1n) is 20.9. The molecule has 1 aromatic heterocycles. The number of ether oxygens (including phenoxy) is 9. The Hall–Kier alpha value is -5.88. The summed E-state index contributed by atoms with van der Waals surface area (Å²) in [6, 6.07) is 9.76. The van der Waals surface area contributed by atoms with Crippen LogP contribution >= 0.6 is 0 Å². The van der Waals surface area contributed by atoms with Gasteiger partial charge in [0.05, 0.1) is 27.4 Å². The van der Waals surface area contributed by atoms with E-state index in [0.29, 0.717) is 5.56 Å². The molecule has 25 heteroatoms. The van der Waals surface area contributed by atoms with Gasteiger partial charge in [0.25, 0.3) is 0 Å². The van der Waals surface area contributed by atoms with Crippen molar-refractivity contribution in [2.45, 2.75) is 92.1 Å². The number of hydrogen-bond donors (Lipinski definition) is 13. The first-order chi connectivity index (χ1) is 32.9. The van der Waals surface area contributed by atoms with Crippen molar-refractivity contribution >= 4 is 23.0 Å². The summed E-state index contributed by atoms with van der Waals surface area (Å²) in [5.74, 6) is -3.70. The van der Waals surface area contributed by atoms with Crippen LogP contribution in [0.15, 0.2) is 63.8 Å². The van der Waals surface area contributed by atoms with Gasteiger partial charge < -0.3 is 113 Å². The fourth-order valence-corrected chi connectivity index (χ4v) is 7.65. The fraction of sp³-hybridized carbons (Fsp3) is 0.455. The van der Waals surface area contributed by atoms with E-state index in [9.17, 15) is 76.0 Å². The van der Waals surface area contributed by atoms with E-state index < -0.39 is 152 Å². The van der Waals surface area contributed by atoms with Crippen molar-refractivity contribution in [3.05, 3.63) is 70.4 Å². The average molecular weight is 979 g/mol. The van der Waals surface area contributed by atoms with Crippen LogP contribution in [-0.2, 0) is 28.5 Å². The highest BCUT2D eigenvalue weighted by Crippen LogP contribution is 2.40. The molecule has 3 aromatic carbocycles. The van der Waals surface area contributed by atoms with E-state index in [0.717, 1.165) is 18.2 Å².